The average Bonchev–Trinajstić information content (AvgIpc) is 2.92. The highest BCUT2D eigenvalue weighted by Crippen LogP contribution is 2.25. The molecule has 0 aliphatic carbocycles. The molecule has 220 valence electrons. The van der Waals surface area contributed by atoms with E-state index in [4.69, 9.17) is 4.74 Å². The van der Waals surface area contributed by atoms with Crippen molar-refractivity contribution in [1.29, 1.82) is 0 Å². The van der Waals surface area contributed by atoms with Crippen molar-refractivity contribution in [2.24, 2.45) is 0 Å². The van der Waals surface area contributed by atoms with E-state index in [-0.39, 0.29) is 17.9 Å². The first-order valence-corrected chi connectivity index (χ1v) is 15.9. The molecule has 41 heavy (non-hydrogen) atoms. The monoisotopic (exact) mass is 582 g/mol. The topological polar surface area (TPSA) is 91.0 Å². The molecule has 8 nitrogen and oxygen atoms in total. The lowest BCUT2D eigenvalue weighted by Crippen LogP contribution is -2.49. The summed E-state index contributed by atoms with van der Waals surface area (Å²) in [4.78, 5) is 17.4. The Bertz CT molecular complexity index is 1410. The fourth-order valence-electron chi connectivity index (χ4n) is 4.92. The SMILES string of the molecule is CCCCN(C(=O)NC1CCN(Cc2ccc(Oc3ccc(NS(C)(=O)=O)cc3)cc2)CC1)c1ccc(F)cc1C. The van der Waals surface area contributed by atoms with Gasteiger partial charge in [0.1, 0.15) is 17.3 Å². The molecule has 0 radical (unpaired) electrons. The number of nitrogens with zero attached hydrogens (tertiary/aromatic N) is 2. The predicted molar refractivity (Wildman–Crippen MR) is 162 cm³/mol. The number of hydrogen-bond donors (Lipinski definition) is 2. The third-order valence-electron chi connectivity index (χ3n) is 7.07. The number of sulfonamides is 1. The van der Waals surface area contributed by atoms with Gasteiger partial charge in [0.15, 0.2) is 0 Å². The molecule has 0 aromatic heterocycles. The number of piperidine rings is 1. The highest BCUT2D eigenvalue weighted by Gasteiger charge is 2.24. The number of nitrogens with one attached hydrogen (secondary N) is 2. The lowest BCUT2D eigenvalue weighted by Gasteiger charge is -2.34. The van der Waals surface area contributed by atoms with Gasteiger partial charge in [0.05, 0.1) is 6.26 Å². The van der Waals surface area contributed by atoms with E-state index < -0.39 is 10.0 Å². The molecule has 1 heterocycles. The van der Waals surface area contributed by atoms with E-state index >= 15 is 0 Å². The van der Waals surface area contributed by atoms with Crippen LogP contribution in [0.15, 0.2) is 66.7 Å². The number of carbonyl (C=O) groups excluding carboxylic acids is 1. The lowest BCUT2D eigenvalue weighted by atomic mass is 10.0. The standard InChI is InChI=1S/C31H39FN4O4S/c1-4-5-18-36(30-15-8-25(32)21-23(30)2)31(37)33-26-16-19-35(20-17-26)22-24-6-11-28(12-7-24)40-29-13-9-27(10-14-29)34-41(3,38)39/h6-15,21,26,34H,4-5,16-20,22H2,1-3H3,(H,33,37). The van der Waals surface area contributed by atoms with Crippen molar-refractivity contribution >= 4 is 27.4 Å². The minimum Gasteiger partial charge on any atom is -0.457 e. The molecule has 10 heteroatoms. The van der Waals surface area contributed by atoms with E-state index in [9.17, 15) is 17.6 Å². The number of aryl methyl sites for hydroxylation is 1. The first-order valence-electron chi connectivity index (χ1n) is 14.0. The zero-order valence-corrected chi connectivity index (χ0v) is 24.7. The first-order chi connectivity index (χ1) is 19.6. The molecule has 1 fully saturated rings. The van der Waals surface area contributed by atoms with E-state index in [1.54, 1.807) is 35.2 Å². The normalized spacial score (nSPS) is 14.4. The molecule has 0 atom stereocenters. The lowest BCUT2D eigenvalue weighted by molar-refractivity contribution is 0.188. The summed E-state index contributed by atoms with van der Waals surface area (Å²) in [6.45, 7) is 7.08. The molecule has 1 aliphatic heterocycles. The second kappa shape index (κ2) is 13.8. The van der Waals surface area contributed by atoms with Crippen LogP contribution in [0.4, 0.5) is 20.6 Å². The van der Waals surface area contributed by atoms with Crippen molar-refractivity contribution in [2.45, 2.75) is 52.1 Å². The zero-order valence-electron chi connectivity index (χ0n) is 23.9. The maximum atomic E-state index is 13.6. The summed E-state index contributed by atoms with van der Waals surface area (Å²) >= 11 is 0. The highest BCUT2D eigenvalue weighted by atomic mass is 32.2. The fourth-order valence-corrected chi connectivity index (χ4v) is 5.48. The van der Waals surface area contributed by atoms with E-state index in [0.717, 1.165) is 62.8 Å². The van der Waals surface area contributed by atoms with Gasteiger partial charge >= 0.3 is 6.03 Å². The Balaban J connectivity index is 1.25. The van der Waals surface area contributed by atoms with Gasteiger partial charge in [0.25, 0.3) is 0 Å². The fraction of sp³-hybridized carbons (Fsp3) is 0.387. The Morgan fingerprint density at radius 3 is 2.24 bits per heavy atom. The summed E-state index contributed by atoms with van der Waals surface area (Å²) in [7, 11) is -3.32. The van der Waals surface area contributed by atoms with E-state index in [2.05, 4.69) is 21.9 Å². The number of ether oxygens (including phenoxy) is 1. The van der Waals surface area contributed by atoms with Crippen LogP contribution >= 0.6 is 0 Å². The number of rotatable bonds is 11. The maximum absolute atomic E-state index is 13.6. The van der Waals surface area contributed by atoms with Gasteiger partial charge in [0, 0.05) is 43.6 Å². The van der Waals surface area contributed by atoms with Crippen LogP contribution in [0.3, 0.4) is 0 Å². The quantitative estimate of drug-likeness (QED) is 0.278. The molecule has 4 rings (SSSR count). The number of likely N-dealkylation sites (tertiary alicyclic amines) is 1. The van der Waals surface area contributed by atoms with Crippen LogP contribution in [0.25, 0.3) is 0 Å². The molecule has 2 amide bonds. The number of carbonyl (C=O) groups is 1. The molecule has 3 aromatic rings. The molecule has 3 aromatic carbocycles. The van der Waals surface area contributed by atoms with Crippen molar-refractivity contribution in [3.05, 3.63) is 83.7 Å². The van der Waals surface area contributed by atoms with Crippen LogP contribution in [-0.4, -0.2) is 51.3 Å². The average molecular weight is 583 g/mol. The second-order valence-corrected chi connectivity index (χ2v) is 12.3. The molecule has 0 spiro atoms. The predicted octanol–water partition coefficient (Wildman–Crippen LogP) is 6.28. The number of amides is 2. The summed E-state index contributed by atoms with van der Waals surface area (Å²) in [6, 6.07) is 19.2. The zero-order chi connectivity index (χ0) is 29.4. The molecular formula is C31H39FN4O4S. The Hall–Kier alpha value is -3.63. The van der Waals surface area contributed by atoms with Crippen molar-refractivity contribution in [2.75, 3.05) is 35.5 Å². The number of halogens is 1. The number of urea groups is 1. The number of anilines is 2. The smallest absolute Gasteiger partial charge is 0.322 e. The third kappa shape index (κ3) is 9.19. The first kappa shape index (κ1) is 30.3. The van der Waals surface area contributed by atoms with Gasteiger partial charge in [-0.3, -0.25) is 14.5 Å². The van der Waals surface area contributed by atoms with Gasteiger partial charge < -0.3 is 10.1 Å². The van der Waals surface area contributed by atoms with E-state index in [1.807, 2.05) is 31.2 Å². The van der Waals surface area contributed by atoms with Crippen LogP contribution in [0.1, 0.15) is 43.7 Å². The largest absolute Gasteiger partial charge is 0.457 e. The minimum absolute atomic E-state index is 0.0958. The maximum Gasteiger partial charge on any atom is 0.322 e. The van der Waals surface area contributed by atoms with Gasteiger partial charge in [0.2, 0.25) is 10.0 Å². The van der Waals surface area contributed by atoms with Gasteiger partial charge in [-0.1, -0.05) is 25.5 Å². The molecule has 0 saturated carbocycles. The molecular weight excluding hydrogens is 543 g/mol. The summed E-state index contributed by atoms with van der Waals surface area (Å²) in [5.41, 5.74) is 3.16. The van der Waals surface area contributed by atoms with Crippen LogP contribution in [0.2, 0.25) is 0 Å². The number of hydrogen-bond acceptors (Lipinski definition) is 5. The van der Waals surface area contributed by atoms with Gasteiger partial charge in [-0.15, -0.1) is 0 Å². The number of unbranched alkanes of at least 4 members (excludes halogenated alkanes) is 1. The van der Waals surface area contributed by atoms with Crippen molar-refractivity contribution in [3.63, 3.8) is 0 Å². The van der Waals surface area contributed by atoms with Gasteiger partial charge in [-0.25, -0.2) is 17.6 Å². The van der Waals surface area contributed by atoms with Crippen molar-refractivity contribution < 1.29 is 22.3 Å². The Kier molecular flexibility index (Phi) is 10.2. The number of benzene rings is 3. The van der Waals surface area contributed by atoms with E-state index in [0.29, 0.717) is 23.7 Å². The van der Waals surface area contributed by atoms with Crippen molar-refractivity contribution in [1.82, 2.24) is 10.2 Å². The van der Waals surface area contributed by atoms with Gasteiger partial charge in [-0.2, -0.15) is 0 Å². The Morgan fingerprint density at radius 2 is 1.66 bits per heavy atom. The third-order valence-corrected chi connectivity index (χ3v) is 7.67. The van der Waals surface area contributed by atoms with Crippen LogP contribution in [0, 0.1) is 12.7 Å². The van der Waals surface area contributed by atoms with Crippen LogP contribution < -0.4 is 19.7 Å². The second-order valence-electron chi connectivity index (χ2n) is 10.6. The summed E-state index contributed by atoms with van der Waals surface area (Å²) in [6.07, 6.45) is 4.68. The highest BCUT2D eigenvalue weighted by molar-refractivity contribution is 7.92. The molecule has 0 bridgehead atoms. The molecule has 0 unspecified atom stereocenters. The molecule has 1 saturated heterocycles. The molecule has 1 aliphatic rings. The van der Waals surface area contributed by atoms with Crippen molar-refractivity contribution in [3.8, 4) is 11.5 Å². The van der Waals surface area contributed by atoms with E-state index in [1.165, 1.54) is 17.7 Å². The van der Waals surface area contributed by atoms with Crippen LogP contribution in [-0.2, 0) is 16.6 Å². The van der Waals surface area contributed by atoms with Gasteiger partial charge in [-0.05, 0) is 91.9 Å². The minimum atomic E-state index is -3.32. The van der Waals surface area contributed by atoms with Crippen LogP contribution in [0.5, 0.6) is 11.5 Å². The molecule has 2 N–H and O–H groups in total. The Morgan fingerprint density at radius 1 is 1.02 bits per heavy atom. The Labute approximate surface area is 242 Å². The summed E-state index contributed by atoms with van der Waals surface area (Å²) in [5.74, 6) is 1.01. The summed E-state index contributed by atoms with van der Waals surface area (Å²) in [5, 5.41) is 3.21. The summed E-state index contributed by atoms with van der Waals surface area (Å²) < 4.78 is 44.7.